The van der Waals surface area contributed by atoms with Crippen molar-refractivity contribution in [1.82, 2.24) is 0 Å². The van der Waals surface area contributed by atoms with Crippen LogP contribution in [0.5, 0.6) is 5.75 Å². The highest BCUT2D eigenvalue weighted by molar-refractivity contribution is 5.95. The van der Waals surface area contributed by atoms with E-state index in [4.69, 9.17) is 9.47 Å². The van der Waals surface area contributed by atoms with Crippen LogP contribution in [0, 0.1) is 5.82 Å². The van der Waals surface area contributed by atoms with Crippen molar-refractivity contribution in [3.05, 3.63) is 59.4 Å². The molecule has 1 amide bonds. The Morgan fingerprint density at radius 1 is 1.00 bits per heavy atom. The van der Waals surface area contributed by atoms with Crippen LogP contribution in [0.2, 0.25) is 0 Å². The predicted octanol–water partition coefficient (Wildman–Crippen LogP) is 3.65. The van der Waals surface area contributed by atoms with Crippen molar-refractivity contribution in [2.24, 2.45) is 0 Å². The molecule has 1 aliphatic carbocycles. The molecule has 0 unspecified atom stereocenters. The van der Waals surface area contributed by atoms with Gasteiger partial charge in [0.05, 0.1) is 0 Å². The lowest BCUT2D eigenvalue weighted by Crippen LogP contribution is -2.35. The highest BCUT2D eigenvalue weighted by atomic mass is 19.1. The second-order valence-electron chi connectivity index (χ2n) is 6.62. The van der Waals surface area contributed by atoms with E-state index in [1.54, 1.807) is 0 Å². The number of nitrogens with one attached hydrogen (secondary N) is 1. The van der Waals surface area contributed by atoms with Gasteiger partial charge in [-0.05, 0) is 80.6 Å². The molecule has 1 aliphatic rings. The van der Waals surface area contributed by atoms with E-state index in [1.807, 2.05) is 18.2 Å². The Kier molecular flexibility index (Phi) is 5.74. The van der Waals surface area contributed by atoms with Crippen molar-refractivity contribution in [2.75, 3.05) is 5.32 Å². The van der Waals surface area contributed by atoms with Crippen molar-refractivity contribution in [3.8, 4) is 5.75 Å². The SMILES string of the molecule is C[C@H](OC(=O)[C@@H](C)Oc1ccc(F)cc1)C(=O)Nc1ccc2c(c1)CCC2. The van der Waals surface area contributed by atoms with Crippen LogP contribution in [0.4, 0.5) is 10.1 Å². The number of benzene rings is 2. The molecule has 2 aromatic carbocycles. The monoisotopic (exact) mass is 371 g/mol. The van der Waals surface area contributed by atoms with Gasteiger partial charge in [0, 0.05) is 5.69 Å². The molecular formula is C21H22FNO4. The molecular weight excluding hydrogens is 349 g/mol. The third-order valence-corrected chi connectivity index (χ3v) is 4.49. The smallest absolute Gasteiger partial charge is 0.347 e. The van der Waals surface area contributed by atoms with Crippen LogP contribution in [0.1, 0.15) is 31.4 Å². The highest BCUT2D eigenvalue weighted by Crippen LogP contribution is 2.25. The molecule has 1 N–H and O–H groups in total. The van der Waals surface area contributed by atoms with Gasteiger partial charge in [0.15, 0.2) is 12.2 Å². The zero-order chi connectivity index (χ0) is 19.4. The van der Waals surface area contributed by atoms with E-state index >= 15 is 0 Å². The number of amides is 1. The first-order chi connectivity index (χ1) is 12.9. The topological polar surface area (TPSA) is 64.6 Å². The van der Waals surface area contributed by atoms with Gasteiger partial charge >= 0.3 is 5.97 Å². The maximum Gasteiger partial charge on any atom is 0.347 e. The van der Waals surface area contributed by atoms with E-state index in [9.17, 15) is 14.0 Å². The number of fused-ring (bicyclic) bond motifs is 1. The molecule has 0 fully saturated rings. The first-order valence-corrected chi connectivity index (χ1v) is 8.98. The number of anilines is 1. The van der Waals surface area contributed by atoms with E-state index in [1.165, 1.54) is 49.2 Å². The van der Waals surface area contributed by atoms with Crippen LogP contribution in [0.3, 0.4) is 0 Å². The average Bonchev–Trinajstić information content (AvgIpc) is 3.11. The van der Waals surface area contributed by atoms with Crippen molar-refractivity contribution in [3.63, 3.8) is 0 Å². The Bertz CT molecular complexity index is 835. The minimum Gasteiger partial charge on any atom is -0.479 e. The fourth-order valence-electron chi connectivity index (χ4n) is 2.98. The first kappa shape index (κ1) is 18.9. The lowest BCUT2D eigenvalue weighted by Gasteiger charge is -2.18. The van der Waals surface area contributed by atoms with Gasteiger partial charge in [-0.2, -0.15) is 0 Å². The summed E-state index contributed by atoms with van der Waals surface area (Å²) in [7, 11) is 0. The molecule has 2 atom stereocenters. The van der Waals surface area contributed by atoms with Crippen LogP contribution < -0.4 is 10.1 Å². The van der Waals surface area contributed by atoms with Gasteiger partial charge < -0.3 is 14.8 Å². The molecule has 0 heterocycles. The number of hydrogen-bond donors (Lipinski definition) is 1. The van der Waals surface area contributed by atoms with Crippen LogP contribution >= 0.6 is 0 Å². The number of halogens is 1. The normalized spacial score (nSPS) is 14.8. The van der Waals surface area contributed by atoms with Crippen molar-refractivity contribution < 1.29 is 23.5 Å². The molecule has 6 heteroatoms. The lowest BCUT2D eigenvalue weighted by atomic mass is 10.1. The fourth-order valence-corrected chi connectivity index (χ4v) is 2.98. The van der Waals surface area contributed by atoms with Crippen molar-refractivity contribution in [1.29, 1.82) is 0 Å². The van der Waals surface area contributed by atoms with Crippen molar-refractivity contribution >= 4 is 17.6 Å². The molecule has 142 valence electrons. The summed E-state index contributed by atoms with van der Waals surface area (Å²) in [5.74, 6) is -1.13. The van der Waals surface area contributed by atoms with Gasteiger partial charge in [-0.3, -0.25) is 4.79 Å². The van der Waals surface area contributed by atoms with Crippen LogP contribution in [-0.2, 0) is 27.2 Å². The quantitative estimate of drug-likeness (QED) is 0.787. The second-order valence-corrected chi connectivity index (χ2v) is 6.62. The molecule has 3 rings (SSSR count). The molecule has 0 spiro atoms. The molecule has 0 bridgehead atoms. The number of aryl methyl sites for hydroxylation is 2. The summed E-state index contributed by atoms with van der Waals surface area (Å²) in [5, 5.41) is 2.77. The maximum absolute atomic E-state index is 12.9. The summed E-state index contributed by atoms with van der Waals surface area (Å²) < 4.78 is 23.5. The molecule has 5 nitrogen and oxygen atoms in total. The Morgan fingerprint density at radius 3 is 2.44 bits per heavy atom. The molecule has 0 saturated heterocycles. The third kappa shape index (κ3) is 4.84. The largest absolute Gasteiger partial charge is 0.479 e. The highest BCUT2D eigenvalue weighted by Gasteiger charge is 2.23. The standard InChI is InChI=1S/C21H22FNO4/c1-13(20(24)23-18-9-6-15-4-3-5-16(15)12-18)27-21(25)14(2)26-19-10-7-17(22)8-11-19/h6-14H,3-5H2,1-2H3,(H,23,24)/t13-,14+/m0/s1. The van der Waals surface area contributed by atoms with E-state index in [0.717, 1.165) is 19.3 Å². The van der Waals surface area contributed by atoms with Gasteiger partial charge in [0.2, 0.25) is 0 Å². The Hall–Kier alpha value is -2.89. The molecule has 2 aromatic rings. The average molecular weight is 371 g/mol. The number of rotatable bonds is 6. The minimum atomic E-state index is -0.968. The van der Waals surface area contributed by atoms with Gasteiger partial charge in [0.1, 0.15) is 11.6 Å². The zero-order valence-electron chi connectivity index (χ0n) is 15.3. The summed E-state index contributed by atoms with van der Waals surface area (Å²) in [6.45, 7) is 3.02. The predicted molar refractivity (Wildman–Crippen MR) is 99.1 cm³/mol. The summed E-state index contributed by atoms with van der Waals surface area (Å²) in [6.07, 6.45) is 1.33. The number of ether oxygens (including phenoxy) is 2. The van der Waals surface area contributed by atoms with E-state index in [0.29, 0.717) is 11.4 Å². The molecule has 0 aliphatic heterocycles. The van der Waals surface area contributed by atoms with Gasteiger partial charge in [-0.1, -0.05) is 6.07 Å². The molecule has 0 aromatic heterocycles. The molecule has 0 radical (unpaired) electrons. The summed E-state index contributed by atoms with van der Waals surface area (Å²) in [5.41, 5.74) is 3.26. The number of esters is 1. The number of hydrogen-bond acceptors (Lipinski definition) is 4. The van der Waals surface area contributed by atoms with Gasteiger partial charge in [-0.25, -0.2) is 9.18 Å². The minimum absolute atomic E-state index is 0.344. The van der Waals surface area contributed by atoms with Crippen LogP contribution in [0.15, 0.2) is 42.5 Å². The first-order valence-electron chi connectivity index (χ1n) is 8.98. The molecule has 0 saturated carbocycles. The number of carbonyl (C=O) groups excluding carboxylic acids is 2. The lowest BCUT2D eigenvalue weighted by molar-refractivity contribution is -0.159. The van der Waals surface area contributed by atoms with E-state index < -0.39 is 29.9 Å². The van der Waals surface area contributed by atoms with Gasteiger partial charge in [-0.15, -0.1) is 0 Å². The Morgan fingerprint density at radius 2 is 1.70 bits per heavy atom. The van der Waals surface area contributed by atoms with Gasteiger partial charge in [0.25, 0.3) is 5.91 Å². The number of carbonyl (C=O) groups is 2. The second kappa shape index (κ2) is 8.20. The Labute approximate surface area is 157 Å². The zero-order valence-corrected chi connectivity index (χ0v) is 15.3. The summed E-state index contributed by atoms with van der Waals surface area (Å²) in [6, 6.07) is 11.2. The molecule has 27 heavy (non-hydrogen) atoms. The van der Waals surface area contributed by atoms with Crippen LogP contribution in [-0.4, -0.2) is 24.1 Å². The van der Waals surface area contributed by atoms with Crippen molar-refractivity contribution in [2.45, 2.75) is 45.3 Å². The van der Waals surface area contributed by atoms with E-state index in [-0.39, 0.29) is 0 Å². The third-order valence-electron chi connectivity index (χ3n) is 4.49. The maximum atomic E-state index is 12.9. The fraction of sp³-hybridized carbons (Fsp3) is 0.333. The summed E-state index contributed by atoms with van der Waals surface area (Å²) in [4.78, 5) is 24.4. The summed E-state index contributed by atoms with van der Waals surface area (Å²) >= 11 is 0. The Balaban J connectivity index is 1.52. The van der Waals surface area contributed by atoms with Crippen LogP contribution in [0.25, 0.3) is 0 Å². The van der Waals surface area contributed by atoms with E-state index in [2.05, 4.69) is 5.32 Å².